The van der Waals surface area contributed by atoms with Gasteiger partial charge in [0.2, 0.25) is 5.91 Å². The quantitative estimate of drug-likeness (QED) is 0.299. The number of amides is 1. The smallest absolute Gasteiger partial charge is 0.310 e. The molecule has 4 rings (SSSR count). The Labute approximate surface area is 200 Å². The third-order valence-electron chi connectivity index (χ3n) is 5.92. The molecule has 1 aliphatic rings. The van der Waals surface area contributed by atoms with Crippen LogP contribution in [0, 0.1) is 19.8 Å². The van der Waals surface area contributed by atoms with Crippen molar-refractivity contribution in [3.8, 4) is 5.69 Å². The molecule has 3 aromatic rings. The Balaban J connectivity index is 1.58. The minimum Gasteiger partial charge on any atom is -0.466 e. The van der Waals surface area contributed by atoms with Gasteiger partial charge in [0.05, 0.1) is 29.5 Å². The zero-order chi connectivity index (χ0) is 23.5. The van der Waals surface area contributed by atoms with E-state index in [-0.39, 0.29) is 29.1 Å². The van der Waals surface area contributed by atoms with Gasteiger partial charge < -0.3 is 9.64 Å². The van der Waals surface area contributed by atoms with E-state index in [1.165, 1.54) is 23.1 Å². The number of piperidine rings is 1. The molecule has 0 saturated carbocycles. The minimum absolute atomic E-state index is 0.0692. The molecule has 0 spiro atoms. The first-order chi connectivity index (χ1) is 15.9. The molecule has 1 fully saturated rings. The van der Waals surface area contributed by atoms with E-state index in [2.05, 4.69) is 0 Å². The van der Waals surface area contributed by atoms with Crippen molar-refractivity contribution >= 4 is 45.2 Å². The Kier molecular flexibility index (Phi) is 7.19. The number of hydrogen-bond acceptors (Lipinski definition) is 7. The number of likely N-dealkylation sites (tertiary alicyclic amines) is 1. The standard InChI is InChI=1S/C24H27N3O4S2/c1-4-31-23(30)17-6-5-10-26(13-17)20(28)14-33-24-25-19-9-11-32-21(19)22(29)27(24)18-8-7-15(2)16(3)12-18/h7-9,11-12,17H,4-6,10,13-14H2,1-3H3. The van der Waals surface area contributed by atoms with Gasteiger partial charge in [-0.15, -0.1) is 11.3 Å². The van der Waals surface area contributed by atoms with Gasteiger partial charge in [0, 0.05) is 13.1 Å². The van der Waals surface area contributed by atoms with Crippen LogP contribution >= 0.6 is 23.1 Å². The second-order valence-corrected chi connectivity index (χ2v) is 10.0. The number of fused-ring (bicyclic) bond motifs is 1. The number of aromatic nitrogens is 2. The van der Waals surface area contributed by atoms with Crippen LogP contribution in [0.25, 0.3) is 15.9 Å². The maximum absolute atomic E-state index is 13.3. The van der Waals surface area contributed by atoms with Crippen molar-refractivity contribution in [3.05, 3.63) is 51.1 Å². The van der Waals surface area contributed by atoms with E-state index in [9.17, 15) is 14.4 Å². The molecule has 7 nitrogen and oxygen atoms in total. The van der Waals surface area contributed by atoms with Gasteiger partial charge >= 0.3 is 5.97 Å². The minimum atomic E-state index is -0.276. The lowest BCUT2D eigenvalue weighted by Crippen LogP contribution is -2.43. The van der Waals surface area contributed by atoms with Gasteiger partial charge in [0.15, 0.2) is 5.16 Å². The van der Waals surface area contributed by atoms with Gasteiger partial charge in [0.25, 0.3) is 5.56 Å². The second-order valence-electron chi connectivity index (χ2n) is 8.16. The highest BCUT2D eigenvalue weighted by Crippen LogP contribution is 2.26. The van der Waals surface area contributed by atoms with E-state index in [1.54, 1.807) is 16.4 Å². The number of aryl methyl sites for hydroxylation is 2. The fourth-order valence-electron chi connectivity index (χ4n) is 3.95. The summed E-state index contributed by atoms with van der Waals surface area (Å²) >= 11 is 2.62. The third-order valence-corrected chi connectivity index (χ3v) is 7.73. The van der Waals surface area contributed by atoms with Gasteiger partial charge in [-0.3, -0.25) is 19.0 Å². The SMILES string of the molecule is CCOC(=O)C1CCCN(C(=O)CSc2nc3ccsc3c(=O)n2-c2ccc(C)c(C)c2)C1. The molecular weight excluding hydrogens is 458 g/mol. The summed E-state index contributed by atoms with van der Waals surface area (Å²) < 4.78 is 7.33. The Bertz CT molecular complexity index is 1250. The van der Waals surface area contributed by atoms with E-state index in [0.29, 0.717) is 35.1 Å². The molecular formula is C24H27N3O4S2. The zero-order valence-electron chi connectivity index (χ0n) is 19.0. The van der Waals surface area contributed by atoms with Gasteiger partial charge in [-0.1, -0.05) is 17.8 Å². The first-order valence-electron chi connectivity index (χ1n) is 11.0. The molecule has 1 saturated heterocycles. The van der Waals surface area contributed by atoms with Crippen LogP contribution in [-0.2, 0) is 14.3 Å². The number of benzene rings is 1. The highest BCUT2D eigenvalue weighted by molar-refractivity contribution is 7.99. The molecule has 2 aromatic heterocycles. The zero-order valence-corrected chi connectivity index (χ0v) is 20.6. The van der Waals surface area contributed by atoms with Crippen LogP contribution in [0.5, 0.6) is 0 Å². The van der Waals surface area contributed by atoms with Crippen molar-refractivity contribution < 1.29 is 14.3 Å². The summed E-state index contributed by atoms with van der Waals surface area (Å²) in [4.78, 5) is 44.8. The maximum Gasteiger partial charge on any atom is 0.310 e. The molecule has 0 bridgehead atoms. The number of ether oxygens (including phenoxy) is 1. The normalized spacial score (nSPS) is 16.2. The number of carbonyl (C=O) groups excluding carboxylic acids is 2. The third kappa shape index (κ3) is 4.99. The topological polar surface area (TPSA) is 81.5 Å². The lowest BCUT2D eigenvalue weighted by molar-refractivity contribution is -0.151. The van der Waals surface area contributed by atoms with Crippen molar-refractivity contribution in [2.45, 2.75) is 38.8 Å². The highest BCUT2D eigenvalue weighted by Gasteiger charge is 2.29. The lowest BCUT2D eigenvalue weighted by Gasteiger charge is -2.31. The molecule has 1 atom stereocenters. The van der Waals surface area contributed by atoms with Gasteiger partial charge in [-0.05, 0) is 68.3 Å². The average molecular weight is 486 g/mol. The molecule has 1 aliphatic heterocycles. The summed E-state index contributed by atoms with van der Waals surface area (Å²) in [7, 11) is 0. The summed E-state index contributed by atoms with van der Waals surface area (Å²) in [6, 6.07) is 7.69. The Morgan fingerprint density at radius 1 is 1.24 bits per heavy atom. The molecule has 1 aromatic carbocycles. The van der Waals surface area contributed by atoms with Crippen molar-refractivity contribution in [1.29, 1.82) is 0 Å². The first kappa shape index (κ1) is 23.5. The monoisotopic (exact) mass is 485 g/mol. The number of hydrogen-bond donors (Lipinski definition) is 0. The molecule has 0 radical (unpaired) electrons. The predicted octanol–water partition coefficient (Wildman–Crippen LogP) is 3.96. The van der Waals surface area contributed by atoms with Crippen molar-refractivity contribution in [2.24, 2.45) is 5.92 Å². The fraction of sp³-hybridized carbons (Fsp3) is 0.417. The highest BCUT2D eigenvalue weighted by atomic mass is 32.2. The van der Waals surface area contributed by atoms with Gasteiger partial charge in [-0.25, -0.2) is 4.98 Å². The number of thioether (sulfide) groups is 1. The van der Waals surface area contributed by atoms with Crippen LogP contribution in [0.1, 0.15) is 30.9 Å². The van der Waals surface area contributed by atoms with E-state index in [0.717, 1.165) is 29.7 Å². The number of nitrogens with zero attached hydrogens (tertiary/aromatic N) is 3. The molecule has 174 valence electrons. The molecule has 1 unspecified atom stereocenters. The van der Waals surface area contributed by atoms with Crippen molar-refractivity contribution in [1.82, 2.24) is 14.5 Å². The lowest BCUT2D eigenvalue weighted by atomic mass is 9.98. The molecule has 0 N–H and O–H groups in total. The molecule has 3 heterocycles. The van der Waals surface area contributed by atoms with Crippen LogP contribution in [0.15, 0.2) is 39.6 Å². The largest absolute Gasteiger partial charge is 0.466 e. The Morgan fingerprint density at radius 3 is 2.82 bits per heavy atom. The fourth-order valence-corrected chi connectivity index (χ4v) is 5.63. The van der Waals surface area contributed by atoms with Crippen LogP contribution in [0.2, 0.25) is 0 Å². The Hall–Kier alpha value is -2.65. The molecule has 0 aliphatic carbocycles. The summed E-state index contributed by atoms with van der Waals surface area (Å²) in [5.74, 6) is -0.444. The summed E-state index contributed by atoms with van der Waals surface area (Å²) in [5, 5.41) is 2.34. The van der Waals surface area contributed by atoms with Crippen LogP contribution in [0.4, 0.5) is 0 Å². The van der Waals surface area contributed by atoms with Crippen LogP contribution < -0.4 is 5.56 Å². The van der Waals surface area contributed by atoms with E-state index < -0.39 is 0 Å². The average Bonchev–Trinajstić information content (AvgIpc) is 3.29. The number of esters is 1. The molecule has 1 amide bonds. The molecule has 9 heteroatoms. The predicted molar refractivity (Wildman–Crippen MR) is 131 cm³/mol. The first-order valence-corrected chi connectivity index (χ1v) is 12.9. The summed E-state index contributed by atoms with van der Waals surface area (Å²) in [6.45, 7) is 7.15. The number of rotatable bonds is 6. The second kappa shape index (κ2) is 10.1. The van der Waals surface area contributed by atoms with Gasteiger partial charge in [-0.2, -0.15) is 0 Å². The van der Waals surface area contributed by atoms with Gasteiger partial charge in [0.1, 0.15) is 4.70 Å². The van der Waals surface area contributed by atoms with Crippen LogP contribution in [0.3, 0.4) is 0 Å². The molecule has 33 heavy (non-hydrogen) atoms. The van der Waals surface area contributed by atoms with Crippen molar-refractivity contribution in [3.63, 3.8) is 0 Å². The number of thiophene rings is 1. The maximum atomic E-state index is 13.3. The number of carbonyl (C=O) groups is 2. The Morgan fingerprint density at radius 2 is 2.06 bits per heavy atom. The summed E-state index contributed by atoms with van der Waals surface area (Å²) in [6.07, 6.45) is 1.50. The van der Waals surface area contributed by atoms with E-state index >= 15 is 0 Å². The summed E-state index contributed by atoms with van der Waals surface area (Å²) in [5.41, 5.74) is 3.47. The van der Waals surface area contributed by atoms with E-state index in [1.807, 2.05) is 43.5 Å². The van der Waals surface area contributed by atoms with Crippen LogP contribution in [-0.4, -0.2) is 51.8 Å². The van der Waals surface area contributed by atoms with E-state index in [4.69, 9.17) is 9.72 Å². The van der Waals surface area contributed by atoms with Crippen molar-refractivity contribution in [2.75, 3.05) is 25.4 Å².